The second-order valence-corrected chi connectivity index (χ2v) is 4.97. The van der Waals surface area contributed by atoms with Crippen LogP contribution in [0, 0.1) is 5.41 Å². The Morgan fingerprint density at radius 1 is 1.37 bits per heavy atom. The summed E-state index contributed by atoms with van der Waals surface area (Å²) in [7, 11) is 0. The van der Waals surface area contributed by atoms with Crippen molar-refractivity contribution in [2.24, 2.45) is 5.41 Å². The first-order chi connectivity index (χ1) is 9.21. The van der Waals surface area contributed by atoms with Crippen molar-refractivity contribution in [1.29, 1.82) is 0 Å². The summed E-state index contributed by atoms with van der Waals surface area (Å²) >= 11 is 0. The molecule has 1 saturated carbocycles. The van der Waals surface area contributed by atoms with Crippen LogP contribution < -0.4 is 11.1 Å². The maximum atomic E-state index is 5.71. The van der Waals surface area contributed by atoms with Gasteiger partial charge in [-0.1, -0.05) is 6.92 Å². The van der Waals surface area contributed by atoms with Crippen molar-refractivity contribution in [2.45, 2.75) is 26.2 Å². The van der Waals surface area contributed by atoms with E-state index in [1.807, 2.05) is 6.07 Å². The summed E-state index contributed by atoms with van der Waals surface area (Å²) in [5, 5.41) is 7.34. The van der Waals surface area contributed by atoms with Gasteiger partial charge in [-0.15, -0.1) is 0 Å². The van der Waals surface area contributed by atoms with Crippen molar-refractivity contribution in [3.05, 3.63) is 18.5 Å². The Balaban J connectivity index is 1.78. The number of nitrogens with zero attached hydrogens (tertiary/aromatic N) is 5. The lowest BCUT2D eigenvalue weighted by atomic mass is 10.0. The molecule has 0 radical (unpaired) electrons. The summed E-state index contributed by atoms with van der Waals surface area (Å²) in [4.78, 5) is 12.5. The van der Waals surface area contributed by atoms with Gasteiger partial charge in [-0.3, -0.25) is 0 Å². The number of anilines is 2. The molecule has 1 aliphatic rings. The zero-order valence-electron chi connectivity index (χ0n) is 10.9. The third kappa shape index (κ3) is 2.49. The number of nitrogens with two attached hydrogens (primary N) is 1. The topological polar surface area (TPSA) is 94.5 Å². The van der Waals surface area contributed by atoms with E-state index < -0.39 is 0 Å². The predicted octanol–water partition coefficient (Wildman–Crippen LogP) is 1.24. The molecular weight excluding hydrogens is 242 g/mol. The molecule has 7 nitrogen and oxygen atoms in total. The van der Waals surface area contributed by atoms with E-state index in [2.05, 4.69) is 32.3 Å². The Labute approximate surface area is 111 Å². The highest BCUT2D eigenvalue weighted by molar-refractivity contribution is 5.35. The fraction of sp³-hybridized carbons (Fsp3) is 0.500. The average Bonchev–Trinajstić information content (AvgIpc) is 2.98. The quantitative estimate of drug-likeness (QED) is 0.839. The highest BCUT2D eigenvalue weighted by Gasteiger charge is 2.40. The Hall–Kier alpha value is -2.18. The second-order valence-electron chi connectivity index (χ2n) is 4.97. The average molecular weight is 259 g/mol. The predicted molar refractivity (Wildman–Crippen MR) is 71.8 cm³/mol. The van der Waals surface area contributed by atoms with Gasteiger partial charge in [0.25, 0.3) is 5.95 Å². The number of nitrogens with one attached hydrogen (secondary N) is 1. The molecule has 0 unspecified atom stereocenters. The van der Waals surface area contributed by atoms with Gasteiger partial charge >= 0.3 is 0 Å². The van der Waals surface area contributed by atoms with Gasteiger partial charge < -0.3 is 11.1 Å². The molecule has 0 aliphatic heterocycles. The van der Waals surface area contributed by atoms with Gasteiger partial charge in [0.15, 0.2) is 0 Å². The van der Waals surface area contributed by atoms with Gasteiger partial charge in [-0.05, 0) is 30.7 Å². The van der Waals surface area contributed by atoms with Crippen molar-refractivity contribution >= 4 is 11.9 Å². The van der Waals surface area contributed by atoms with Crippen LogP contribution in [0.4, 0.5) is 11.9 Å². The van der Waals surface area contributed by atoms with Crippen LogP contribution in [0.3, 0.4) is 0 Å². The van der Waals surface area contributed by atoms with Gasteiger partial charge in [0.1, 0.15) is 0 Å². The summed E-state index contributed by atoms with van der Waals surface area (Å²) in [5.74, 6) is 1.14. The number of rotatable bonds is 5. The Morgan fingerprint density at radius 2 is 2.21 bits per heavy atom. The van der Waals surface area contributed by atoms with Crippen molar-refractivity contribution in [2.75, 3.05) is 17.6 Å². The number of nitrogen functional groups attached to an aromatic ring is 1. The fourth-order valence-corrected chi connectivity index (χ4v) is 2.05. The third-order valence-electron chi connectivity index (χ3n) is 3.68. The second kappa shape index (κ2) is 4.49. The van der Waals surface area contributed by atoms with E-state index in [9.17, 15) is 0 Å². The molecule has 7 heteroatoms. The lowest BCUT2D eigenvalue weighted by Crippen LogP contribution is -2.18. The summed E-state index contributed by atoms with van der Waals surface area (Å²) in [6, 6.07) is 1.81. The van der Waals surface area contributed by atoms with Crippen molar-refractivity contribution in [3.63, 3.8) is 0 Å². The van der Waals surface area contributed by atoms with Crippen LogP contribution >= 0.6 is 0 Å². The van der Waals surface area contributed by atoms with Crippen molar-refractivity contribution in [1.82, 2.24) is 24.7 Å². The molecule has 1 fully saturated rings. The molecule has 0 bridgehead atoms. The van der Waals surface area contributed by atoms with Gasteiger partial charge in [0.05, 0.1) is 0 Å². The van der Waals surface area contributed by atoms with Crippen LogP contribution in [0.1, 0.15) is 26.2 Å². The minimum Gasteiger partial charge on any atom is -0.368 e. The summed E-state index contributed by atoms with van der Waals surface area (Å²) in [5.41, 5.74) is 6.13. The van der Waals surface area contributed by atoms with Gasteiger partial charge in [-0.2, -0.15) is 20.1 Å². The fourth-order valence-electron chi connectivity index (χ4n) is 2.05. The van der Waals surface area contributed by atoms with Crippen molar-refractivity contribution in [3.8, 4) is 5.95 Å². The first kappa shape index (κ1) is 11.9. The minimum absolute atomic E-state index is 0.198. The maximum Gasteiger partial charge on any atom is 0.257 e. The Kier molecular flexibility index (Phi) is 2.81. The highest BCUT2D eigenvalue weighted by atomic mass is 15.4. The smallest absolute Gasteiger partial charge is 0.257 e. The molecule has 0 aromatic carbocycles. The summed E-state index contributed by atoms with van der Waals surface area (Å²) < 4.78 is 1.57. The van der Waals surface area contributed by atoms with Crippen LogP contribution in [-0.2, 0) is 0 Å². The van der Waals surface area contributed by atoms with E-state index in [1.165, 1.54) is 19.3 Å². The van der Waals surface area contributed by atoms with Crippen molar-refractivity contribution < 1.29 is 0 Å². The molecule has 100 valence electrons. The zero-order chi connectivity index (χ0) is 13.3. The third-order valence-corrected chi connectivity index (χ3v) is 3.68. The SMILES string of the molecule is CCC1(CNc2nc(N)nc(-n3cccn3)n2)CC1. The normalized spacial score (nSPS) is 16.3. The van der Waals surface area contributed by atoms with Crippen LogP contribution in [-0.4, -0.2) is 31.3 Å². The molecule has 3 rings (SSSR count). The molecule has 1 aliphatic carbocycles. The highest BCUT2D eigenvalue weighted by Crippen LogP contribution is 2.48. The molecule has 2 aromatic rings. The maximum absolute atomic E-state index is 5.71. The van der Waals surface area contributed by atoms with Crippen LogP contribution in [0.15, 0.2) is 18.5 Å². The van der Waals surface area contributed by atoms with E-state index in [0.29, 0.717) is 17.3 Å². The van der Waals surface area contributed by atoms with Gasteiger partial charge in [-0.25, -0.2) is 4.68 Å². The van der Waals surface area contributed by atoms with Gasteiger partial charge in [0.2, 0.25) is 11.9 Å². The lowest BCUT2D eigenvalue weighted by Gasteiger charge is -2.13. The molecule has 0 amide bonds. The largest absolute Gasteiger partial charge is 0.368 e. The van der Waals surface area contributed by atoms with E-state index in [4.69, 9.17) is 5.73 Å². The monoisotopic (exact) mass is 259 g/mol. The first-order valence-corrected chi connectivity index (χ1v) is 6.46. The molecule has 2 heterocycles. The standard InChI is InChI=1S/C12H17N7/c1-2-12(4-5-12)8-14-10-16-9(13)17-11(18-10)19-7-3-6-15-19/h3,6-7H,2,4-5,8H2,1H3,(H3,13,14,16,17,18). The minimum atomic E-state index is 0.198. The molecule has 0 atom stereocenters. The van der Waals surface area contributed by atoms with E-state index in [0.717, 1.165) is 6.54 Å². The van der Waals surface area contributed by atoms with E-state index >= 15 is 0 Å². The number of hydrogen-bond acceptors (Lipinski definition) is 6. The van der Waals surface area contributed by atoms with Crippen LogP contribution in [0.2, 0.25) is 0 Å². The van der Waals surface area contributed by atoms with E-state index in [-0.39, 0.29) is 5.95 Å². The molecule has 19 heavy (non-hydrogen) atoms. The van der Waals surface area contributed by atoms with Crippen LogP contribution in [0.5, 0.6) is 0 Å². The first-order valence-electron chi connectivity index (χ1n) is 6.46. The van der Waals surface area contributed by atoms with Gasteiger partial charge in [0, 0.05) is 18.9 Å². The molecule has 0 spiro atoms. The van der Waals surface area contributed by atoms with Crippen LogP contribution in [0.25, 0.3) is 5.95 Å². The number of hydrogen-bond donors (Lipinski definition) is 2. The summed E-state index contributed by atoms with van der Waals surface area (Å²) in [6.45, 7) is 3.09. The number of aromatic nitrogens is 5. The molecular formula is C12H17N7. The van der Waals surface area contributed by atoms with E-state index in [1.54, 1.807) is 17.1 Å². The summed E-state index contributed by atoms with van der Waals surface area (Å²) in [6.07, 6.45) is 7.15. The lowest BCUT2D eigenvalue weighted by molar-refractivity contribution is 0.519. The Morgan fingerprint density at radius 3 is 2.84 bits per heavy atom. The molecule has 0 saturated heterocycles. The zero-order valence-corrected chi connectivity index (χ0v) is 10.9. The molecule has 2 aromatic heterocycles. The Bertz CT molecular complexity index is 559. The molecule has 3 N–H and O–H groups in total.